The summed E-state index contributed by atoms with van der Waals surface area (Å²) in [5, 5.41) is 28.5. The first kappa shape index (κ1) is 25.0. The maximum absolute atomic E-state index is 13.1. The summed E-state index contributed by atoms with van der Waals surface area (Å²) in [5.74, 6) is -0.578. The average molecular weight is 505 g/mol. The number of nitrogens with one attached hydrogen (secondary N) is 1. The van der Waals surface area contributed by atoms with Crippen LogP contribution < -0.4 is 10.5 Å². The Bertz CT molecular complexity index is 1080. The van der Waals surface area contributed by atoms with Crippen molar-refractivity contribution < 1.29 is 27.6 Å². The zero-order chi connectivity index (χ0) is 23.6. The third kappa shape index (κ3) is 6.01. The highest BCUT2D eigenvalue weighted by atomic mass is 35.5. The summed E-state index contributed by atoms with van der Waals surface area (Å²) in [6.45, 7) is 3.47. The molecule has 0 radical (unpaired) electrons. The van der Waals surface area contributed by atoms with Crippen molar-refractivity contribution in [1.82, 2.24) is 9.97 Å². The van der Waals surface area contributed by atoms with Gasteiger partial charge in [-0.15, -0.1) is 11.3 Å². The van der Waals surface area contributed by atoms with E-state index in [9.17, 15) is 23.4 Å². The van der Waals surface area contributed by atoms with Crippen molar-refractivity contribution in [2.75, 3.05) is 11.9 Å². The maximum Gasteiger partial charge on any atom is 0.333 e. The molecule has 3 rings (SSSR count). The third-order valence-corrected chi connectivity index (χ3v) is 7.14. The lowest BCUT2D eigenvalue weighted by Crippen LogP contribution is -2.24. The summed E-state index contributed by atoms with van der Waals surface area (Å²) in [5.41, 5.74) is 0.715. The van der Waals surface area contributed by atoms with Crippen LogP contribution in [-0.2, 0) is 14.5 Å². The van der Waals surface area contributed by atoms with Crippen LogP contribution in [0.25, 0.3) is 0 Å². The molecule has 2 aromatic heterocycles. The monoisotopic (exact) mass is 504 g/mol. The van der Waals surface area contributed by atoms with Gasteiger partial charge in [0, 0.05) is 23.7 Å². The number of nitrogens with zero attached hydrogens (tertiary/aromatic N) is 2. The number of rotatable bonds is 9. The smallest absolute Gasteiger partial charge is 0.333 e. The van der Waals surface area contributed by atoms with Crippen LogP contribution in [0.2, 0.25) is 4.34 Å². The molecule has 1 saturated carbocycles. The van der Waals surface area contributed by atoms with E-state index < -0.39 is 28.4 Å². The van der Waals surface area contributed by atoms with Gasteiger partial charge in [-0.2, -0.15) is 8.42 Å². The number of aliphatic hydroxyl groups excluding tert-OH is 2. The number of carbonyl (C=O) groups is 1. The Morgan fingerprint density at radius 2 is 2.16 bits per heavy atom. The lowest BCUT2D eigenvalue weighted by molar-refractivity contribution is 0.101. The number of carbonyl (C=O) groups excluding carboxylic acids is 1. The van der Waals surface area contributed by atoms with Gasteiger partial charge in [-0.1, -0.05) is 25.4 Å². The summed E-state index contributed by atoms with van der Waals surface area (Å²) < 4.78 is 27.0. The Kier molecular flexibility index (Phi) is 7.86. The topological polar surface area (TPSA) is 165 Å². The van der Waals surface area contributed by atoms with E-state index >= 15 is 0 Å². The minimum Gasteiger partial charge on any atom is -0.393 e. The molecule has 0 unspecified atom stereocenters. The highest BCUT2D eigenvalue weighted by Gasteiger charge is 2.35. The van der Waals surface area contributed by atoms with Gasteiger partial charge in [-0.25, -0.2) is 15.1 Å². The van der Waals surface area contributed by atoms with E-state index in [4.69, 9.17) is 16.7 Å². The molecular formula is C19H25ClN4O6S2. The van der Waals surface area contributed by atoms with E-state index in [1.165, 1.54) is 12.5 Å². The summed E-state index contributed by atoms with van der Waals surface area (Å²) in [7, 11) is -4.10. The number of halogens is 1. The molecule has 0 saturated heterocycles. The van der Waals surface area contributed by atoms with Crippen LogP contribution in [0.3, 0.4) is 0 Å². The van der Waals surface area contributed by atoms with Crippen molar-refractivity contribution in [3.63, 3.8) is 0 Å². The van der Waals surface area contributed by atoms with Crippen LogP contribution in [0.4, 0.5) is 5.82 Å². The van der Waals surface area contributed by atoms with Gasteiger partial charge in [0.15, 0.2) is 0 Å². The molecule has 0 amide bonds. The molecule has 0 aliphatic heterocycles. The van der Waals surface area contributed by atoms with E-state index in [2.05, 4.69) is 19.5 Å². The van der Waals surface area contributed by atoms with Gasteiger partial charge in [0.05, 0.1) is 33.6 Å². The minimum absolute atomic E-state index is 0.0673. The zero-order valence-corrected chi connectivity index (χ0v) is 19.8. The fourth-order valence-electron chi connectivity index (χ4n) is 3.57. The number of ketones is 1. The molecule has 10 nitrogen and oxygen atoms in total. The van der Waals surface area contributed by atoms with Gasteiger partial charge in [0.2, 0.25) is 5.78 Å². The molecule has 1 fully saturated rings. The van der Waals surface area contributed by atoms with Gasteiger partial charge >= 0.3 is 10.3 Å². The Morgan fingerprint density at radius 3 is 2.81 bits per heavy atom. The molecule has 0 spiro atoms. The van der Waals surface area contributed by atoms with E-state index in [-0.39, 0.29) is 35.7 Å². The van der Waals surface area contributed by atoms with Crippen molar-refractivity contribution in [1.29, 1.82) is 0 Å². The summed E-state index contributed by atoms with van der Waals surface area (Å²) in [4.78, 5) is 21.6. The number of aliphatic hydroxyl groups is 2. The fourth-order valence-corrected chi connectivity index (χ4v) is 5.23. The highest BCUT2D eigenvalue weighted by Crippen LogP contribution is 2.37. The van der Waals surface area contributed by atoms with Crippen LogP contribution in [-0.4, -0.2) is 53.1 Å². The van der Waals surface area contributed by atoms with Gasteiger partial charge in [-0.05, 0) is 24.8 Å². The van der Waals surface area contributed by atoms with E-state index in [1.54, 1.807) is 6.07 Å². The van der Waals surface area contributed by atoms with Crippen LogP contribution in [0.1, 0.15) is 53.6 Å². The molecule has 32 heavy (non-hydrogen) atoms. The number of hydrogen-bond acceptors (Lipinski definition) is 10. The fraction of sp³-hybridized carbons (Fsp3) is 0.526. The molecule has 176 valence electrons. The van der Waals surface area contributed by atoms with Crippen molar-refractivity contribution in [2.24, 2.45) is 17.0 Å². The van der Waals surface area contributed by atoms with Gasteiger partial charge < -0.3 is 15.5 Å². The van der Waals surface area contributed by atoms with Gasteiger partial charge in [0.1, 0.15) is 12.1 Å². The number of anilines is 1. The molecule has 2 heterocycles. The summed E-state index contributed by atoms with van der Waals surface area (Å²) >= 11 is 7.33. The quantitative estimate of drug-likeness (QED) is 0.373. The molecule has 0 aromatic carbocycles. The van der Waals surface area contributed by atoms with Crippen molar-refractivity contribution >= 4 is 44.8 Å². The molecule has 5 N–H and O–H groups in total. The number of nitrogens with two attached hydrogens (primary N) is 1. The second-order valence-electron chi connectivity index (χ2n) is 8.06. The number of thiophene rings is 1. The molecule has 13 heteroatoms. The maximum atomic E-state index is 13.1. The largest absolute Gasteiger partial charge is 0.393 e. The lowest BCUT2D eigenvalue weighted by Gasteiger charge is -2.15. The van der Waals surface area contributed by atoms with Gasteiger partial charge in [-0.3, -0.25) is 8.98 Å². The van der Waals surface area contributed by atoms with Crippen LogP contribution in [0.5, 0.6) is 0 Å². The van der Waals surface area contributed by atoms with Crippen molar-refractivity contribution in [2.45, 2.75) is 44.9 Å². The van der Waals surface area contributed by atoms with Gasteiger partial charge in [0.25, 0.3) is 0 Å². The van der Waals surface area contributed by atoms with E-state index in [0.717, 1.165) is 11.3 Å². The highest BCUT2D eigenvalue weighted by molar-refractivity contribution is 7.84. The lowest BCUT2D eigenvalue weighted by atomic mass is 10.0. The predicted molar refractivity (Wildman–Crippen MR) is 120 cm³/mol. The van der Waals surface area contributed by atoms with Crippen LogP contribution >= 0.6 is 22.9 Å². The molecule has 0 bridgehead atoms. The second-order valence-corrected chi connectivity index (χ2v) is 10.9. The second kappa shape index (κ2) is 10.1. The third-order valence-electron chi connectivity index (χ3n) is 5.29. The zero-order valence-electron chi connectivity index (χ0n) is 17.4. The predicted octanol–water partition coefficient (Wildman–Crippen LogP) is 1.88. The molecular weight excluding hydrogens is 480 g/mol. The molecule has 1 aliphatic carbocycles. The minimum atomic E-state index is -4.10. The first-order valence-corrected chi connectivity index (χ1v) is 12.6. The SMILES string of the molecule is CC(C)[C@H](O)c1cc(C(=O)c2cncnc2N[C@@H]2C[C@H](COS(N)(=O)=O)[C@@H](O)C2)sc1Cl. The Balaban J connectivity index is 1.76. The molecule has 1 aliphatic rings. The molecule has 2 aromatic rings. The Hall–Kier alpha value is -1.67. The first-order valence-electron chi connectivity index (χ1n) is 9.90. The van der Waals surface area contributed by atoms with Crippen molar-refractivity contribution in [3.05, 3.63) is 38.9 Å². The Morgan fingerprint density at radius 1 is 1.44 bits per heavy atom. The first-order chi connectivity index (χ1) is 15.0. The normalized spacial score (nSPS) is 22.3. The van der Waals surface area contributed by atoms with Crippen molar-refractivity contribution in [3.8, 4) is 0 Å². The van der Waals surface area contributed by atoms with Crippen LogP contribution in [0.15, 0.2) is 18.6 Å². The molecule has 4 atom stereocenters. The standard InChI is InChI=1S/C19H25ClN4O6S2/c1-9(2)16(26)12-5-15(31-18(12)20)17(27)13-6-22-8-23-19(13)24-11-3-10(14(25)4-11)7-30-32(21,28)29/h5-6,8-11,14,16,25-26H,3-4,7H2,1-2H3,(H2,21,28,29)(H,22,23,24)/t10-,11-,14+,16+/m1/s1. The van der Waals surface area contributed by atoms with E-state index in [0.29, 0.717) is 27.6 Å². The summed E-state index contributed by atoms with van der Waals surface area (Å²) in [6, 6.07) is 1.31. The van der Waals surface area contributed by atoms with Crippen LogP contribution in [0, 0.1) is 11.8 Å². The van der Waals surface area contributed by atoms with E-state index in [1.807, 2.05) is 13.8 Å². The Labute approximate surface area is 195 Å². The number of hydrogen-bond donors (Lipinski definition) is 4. The average Bonchev–Trinajstić information content (AvgIpc) is 3.27. The number of aromatic nitrogens is 2. The summed E-state index contributed by atoms with van der Waals surface area (Å²) in [6.07, 6.45) is 1.79.